The van der Waals surface area contributed by atoms with E-state index in [9.17, 15) is 4.79 Å². The first-order valence-corrected chi connectivity index (χ1v) is 3.92. The molecular weight excluding hydrogens is 140 g/mol. The highest BCUT2D eigenvalue weighted by atomic mass is 16.2. The van der Waals surface area contributed by atoms with Gasteiger partial charge in [-0.15, -0.1) is 0 Å². The van der Waals surface area contributed by atoms with Crippen molar-refractivity contribution in [3.63, 3.8) is 0 Å². The molecule has 0 aliphatic heterocycles. The number of carbonyl (C=O) groups is 1. The Labute approximate surface area is 66.6 Å². The molecule has 1 amide bonds. The molecule has 0 aromatic rings. The zero-order valence-corrected chi connectivity index (χ0v) is 6.71. The van der Waals surface area contributed by atoms with Gasteiger partial charge in [0.15, 0.2) is 6.07 Å². The van der Waals surface area contributed by atoms with Crippen molar-refractivity contribution in [2.24, 2.45) is 0 Å². The van der Waals surface area contributed by atoms with Crippen molar-refractivity contribution in [3.05, 3.63) is 0 Å². The predicted octanol–water partition coefficient (Wildman–Crippen LogP) is 0.911. The minimum absolute atomic E-state index is 0.321. The fourth-order valence-electron chi connectivity index (χ4n) is 1.54. The molecule has 11 heavy (non-hydrogen) atoms. The molecule has 0 radical (unpaired) electrons. The van der Waals surface area contributed by atoms with Crippen molar-refractivity contribution >= 4 is 5.91 Å². The maximum atomic E-state index is 10.9. The van der Waals surface area contributed by atoms with Crippen LogP contribution in [0.25, 0.3) is 0 Å². The topological polar surface area (TPSA) is 44.1 Å². The molecule has 0 aromatic carbocycles. The highest BCUT2D eigenvalue weighted by Gasteiger charge is 2.22. The summed E-state index contributed by atoms with van der Waals surface area (Å²) in [6.07, 6.45) is 4.50. The Bertz CT molecular complexity index is 189. The van der Waals surface area contributed by atoms with E-state index in [1.54, 1.807) is 18.0 Å². The van der Waals surface area contributed by atoms with Gasteiger partial charge in [0.05, 0.1) is 0 Å². The van der Waals surface area contributed by atoms with E-state index in [1.807, 2.05) is 0 Å². The van der Waals surface area contributed by atoms with Crippen molar-refractivity contribution in [3.8, 4) is 6.07 Å². The molecule has 0 N–H and O–H groups in total. The molecule has 1 aliphatic rings. The molecular formula is C8H12N2O. The number of nitriles is 1. The van der Waals surface area contributed by atoms with E-state index in [1.165, 1.54) is 12.8 Å². The molecule has 1 saturated carbocycles. The lowest BCUT2D eigenvalue weighted by atomic mass is 10.2. The summed E-state index contributed by atoms with van der Waals surface area (Å²) in [4.78, 5) is 12.4. The first kappa shape index (κ1) is 8.06. The van der Waals surface area contributed by atoms with Crippen LogP contribution in [0.15, 0.2) is 0 Å². The average molecular weight is 152 g/mol. The standard InChI is InChI=1S/C8H12N2O/c1-10(8(11)6-9)7-4-2-3-5-7/h7H,2-5H2,1H3. The van der Waals surface area contributed by atoms with Crippen LogP contribution in [0.3, 0.4) is 0 Å². The largest absolute Gasteiger partial charge is 0.330 e. The third-order valence-corrected chi connectivity index (χ3v) is 2.29. The van der Waals surface area contributed by atoms with Gasteiger partial charge in [-0.05, 0) is 12.8 Å². The van der Waals surface area contributed by atoms with Crippen molar-refractivity contribution in [1.82, 2.24) is 4.90 Å². The minimum atomic E-state index is -0.406. The monoisotopic (exact) mass is 152 g/mol. The van der Waals surface area contributed by atoms with Gasteiger partial charge in [-0.2, -0.15) is 5.26 Å². The predicted molar refractivity (Wildman–Crippen MR) is 40.6 cm³/mol. The van der Waals surface area contributed by atoms with Crippen LogP contribution in [0.4, 0.5) is 0 Å². The Morgan fingerprint density at radius 3 is 2.55 bits per heavy atom. The van der Waals surface area contributed by atoms with Gasteiger partial charge >= 0.3 is 5.91 Å². The van der Waals surface area contributed by atoms with Crippen molar-refractivity contribution in [1.29, 1.82) is 5.26 Å². The minimum Gasteiger partial charge on any atom is -0.330 e. The van der Waals surface area contributed by atoms with Crippen LogP contribution in [-0.4, -0.2) is 23.9 Å². The fraction of sp³-hybridized carbons (Fsp3) is 0.750. The lowest BCUT2D eigenvalue weighted by Gasteiger charge is -2.20. The van der Waals surface area contributed by atoms with E-state index in [4.69, 9.17) is 5.26 Å². The van der Waals surface area contributed by atoms with Gasteiger partial charge in [0.2, 0.25) is 0 Å². The molecule has 0 atom stereocenters. The van der Waals surface area contributed by atoms with Gasteiger partial charge in [-0.3, -0.25) is 4.79 Å². The summed E-state index contributed by atoms with van der Waals surface area (Å²) in [5.41, 5.74) is 0. The Balaban J connectivity index is 2.47. The molecule has 1 fully saturated rings. The molecule has 3 heteroatoms. The van der Waals surface area contributed by atoms with Gasteiger partial charge in [-0.25, -0.2) is 0 Å². The van der Waals surface area contributed by atoms with E-state index in [-0.39, 0.29) is 0 Å². The molecule has 0 bridgehead atoms. The molecule has 0 saturated heterocycles. The van der Waals surface area contributed by atoms with Crippen LogP contribution in [0.1, 0.15) is 25.7 Å². The third-order valence-electron chi connectivity index (χ3n) is 2.29. The van der Waals surface area contributed by atoms with Crippen molar-refractivity contribution < 1.29 is 4.79 Å². The van der Waals surface area contributed by atoms with Gasteiger partial charge < -0.3 is 4.90 Å². The summed E-state index contributed by atoms with van der Waals surface area (Å²) in [5.74, 6) is -0.406. The van der Waals surface area contributed by atoms with Crippen LogP contribution in [0, 0.1) is 11.3 Å². The number of nitrogens with zero attached hydrogens (tertiary/aromatic N) is 2. The summed E-state index contributed by atoms with van der Waals surface area (Å²) < 4.78 is 0. The summed E-state index contributed by atoms with van der Waals surface area (Å²) >= 11 is 0. The second-order valence-electron chi connectivity index (χ2n) is 2.97. The lowest BCUT2D eigenvalue weighted by molar-refractivity contribution is -0.125. The summed E-state index contributed by atoms with van der Waals surface area (Å²) in [5, 5.41) is 8.32. The zero-order valence-electron chi connectivity index (χ0n) is 6.71. The van der Waals surface area contributed by atoms with E-state index < -0.39 is 5.91 Å². The molecule has 0 unspecified atom stereocenters. The maximum Gasteiger partial charge on any atom is 0.324 e. The normalized spacial score (nSPS) is 17.8. The SMILES string of the molecule is CN(C(=O)C#N)C1CCCC1. The molecule has 1 rings (SSSR count). The van der Waals surface area contributed by atoms with Crippen LogP contribution in [-0.2, 0) is 4.79 Å². The smallest absolute Gasteiger partial charge is 0.324 e. The lowest BCUT2D eigenvalue weighted by Crippen LogP contribution is -2.33. The molecule has 1 aliphatic carbocycles. The molecule has 0 heterocycles. The number of hydrogen-bond donors (Lipinski definition) is 0. The molecule has 0 aromatic heterocycles. The number of carbonyl (C=O) groups excluding carboxylic acids is 1. The second-order valence-corrected chi connectivity index (χ2v) is 2.97. The Kier molecular flexibility index (Phi) is 2.48. The summed E-state index contributed by atoms with van der Waals surface area (Å²) in [7, 11) is 1.71. The van der Waals surface area contributed by atoms with Crippen molar-refractivity contribution in [2.75, 3.05) is 7.05 Å². The van der Waals surface area contributed by atoms with Crippen LogP contribution in [0.5, 0.6) is 0 Å². The summed E-state index contributed by atoms with van der Waals surface area (Å²) in [6, 6.07) is 1.95. The quantitative estimate of drug-likeness (QED) is 0.524. The Hall–Kier alpha value is -1.04. The van der Waals surface area contributed by atoms with Gasteiger partial charge in [0.25, 0.3) is 0 Å². The first-order valence-electron chi connectivity index (χ1n) is 3.92. The van der Waals surface area contributed by atoms with E-state index in [0.29, 0.717) is 6.04 Å². The van der Waals surface area contributed by atoms with Crippen LogP contribution >= 0.6 is 0 Å². The van der Waals surface area contributed by atoms with E-state index >= 15 is 0 Å². The summed E-state index contributed by atoms with van der Waals surface area (Å²) in [6.45, 7) is 0. The maximum absolute atomic E-state index is 10.9. The highest BCUT2D eigenvalue weighted by molar-refractivity contribution is 5.91. The van der Waals surface area contributed by atoms with E-state index in [0.717, 1.165) is 12.8 Å². The van der Waals surface area contributed by atoms with Gasteiger partial charge in [-0.1, -0.05) is 12.8 Å². The number of hydrogen-bond acceptors (Lipinski definition) is 2. The second kappa shape index (κ2) is 3.38. The van der Waals surface area contributed by atoms with Crippen molar-refractivity contribution in [2.45, 2.75) is 31.7 Å². The highest BCUT2D eigenvalue weighted by Crippen LogP contribution is 2.21. The Morgan fingerprint density at radius 2 is 2.09 bits per heavy atom. The van der Waals surface area contributed by atoms with Gasteiger partial charge in [0, 0.05) is 13.1 Å². The number of amides is 1. The molecule has 0 spiro atoms. The Morgan fingerprint density at radius 1 is 1.55 bits per heavy atom. The number of rotatable bonds is 1. The fourth-order valence-corrected chi connectivity index (χ4v) is 1.54. The molecule has 3 nitrogen and oxygen atoms in total. The first-order chi connectivity index (χ1) is 5.25. The van der Waals surface area contributed by atoms with E-state index in [2.05, 4.69) is 0 Å². The third kappa shape index (κ3) is 1.70. The van der Waals surface area contributed by atoms with Crippen LogP contribution < -0.4 is 0 Å². The van der Waals surface area contributed by atoms with Crippen LogP contribution in [0.2, 0.25) is 0 Å². The zero-order chi connectivity index (χ0) is 8.27. The average Bonchev–Trinajstić information content (AvgIpc) is 2.53. The molecule has 60 valence electrons. The van der Waals surface area contributed by atoms with Gasteiger partial charge in [0.1, 0.15) is 0 Å².